The van der Waals surface area contributed by atoms with Crippen LogP contribution in [0.1, 0.15) is 12.8 Å². The minimum Gasteiger partial charge on any atom is -0.481 e. The molecule has 0 aromatic rings. The number of ether oxygens (including phenoxy) is 1. The molecule has 1 unspecified atom stereocenters. The number of amides is 1. The molecule has 1 rings (SSSR count). The topological polar surface area (TPSA) is 83.9 Å². The molecule has 1 aliphatic heterocycles. The zero-order valence-corrected chi connectivity index (χ0v) is 8.43. The van der Waals surface area contributed by atoms with Gasteiger partial charge in [-0.15, -0.1) is 0 Å². The number of rotatable bonds is 4. The molecule has 0 bridgehead atoms. The number of carboxylic acid groups (broad SMARTS) is 1. The molecule has 0 aromatic heterocycles. The van der Waals surface area contributed by atoms with Crippen molar-refractivity contribution in [3.8, 4) is 0 Å². The van der Waals surface area contributed by atoms with Gasteiger partial charge in [0.25, 0.3) is 0 Å². The number of carboxylic acids is 1. The van der Waals surface area contributed by atoms with Crippen molar-refractivity contribution in [2.24, 2.45) is 5.92 Å². The lowest BCUT2D eigenvalue weighted by Gasteiger charge is -2.14. The Labute approximate surface area is 86.8 Å². The lowest BCUT2D eigenvalue weighted by atomic mass is 10.1. The summed E-state index contributed by atoms with van der Waals surface area (Å²) in [6, 6.07) is 0. The SMILES string of the molecule is COC(=O)C1CC(=O)N(CCC(=O)O)C1. The van der Waals surface area contributed by atoms with Crippen molar-refractivity contribution in [1.29, 1.82) is 0 Å². The summed E-state index contributed by atoms with van der Waals surface area (Å²) in [4.78, 5) is 34.2. The van der Waals surface area contributed by atoms with Crippen LogP contribution in [0.4, 0.5) is 0 Å². The van der Waals surface area contributed by atoms with E-state index in [4.69, 9.17) is 5.11 Å². The Balaban J connectivity index is 2.46. The molecule has 1 N–H and O–H groups in total. The van der Waals surface area contributed by atoms with Gasteiger partial charge in [-0.1, -0.05) is 0 Å². The number of esters is 1. The smallest absolute Gasteiger partial charge is 0.310 e. The summed E-state index contributed by atoms with van der Waals surface area (Å²) in [5, 5.41) is 8.45. The maximum atomic E-state index is 11.3. The predicted molar refractivity (Wildman–Crippen MR) is 49.0 cm³/mol. The quantitative estimate of drug-likeness (QED) is 0.638. The second kappa shape index (κ2) is 4.77. The highest BCUT2D eigenvalue weighted by molar-refractivity contribution is 5.87. The highest BCUT2D eigenvalue weighted by Gasteiger charge is 2.34. The number of carbonyl (C=O) groups excluding carboxylic acids is 2. The lowest BCUT2D eigenvalue weighted by Crippen LogP contribution is -2.28. The molecule has 1 heterocycles. The van der Waals surface area contributed by atoms with Crippen LogP contribution in [0.5, 0.6) is 0 Å². The third-order valence-electron chi connectivity index (χ3n) is 2.34. The first kappa shape index (κ1) is 11.5. The fourth-order valence-corrected chi connectivity index (χ4v) is 1.54. The van der Waals surface area contributed by atoms with E-state index in [9.17, 15) is 14.4 Å². The van der Waals surface area contributed by atoms with E-state index in [2.05, 4.69) is 4.74 Å². The van der Waals surface area contributed by atoms with Crippen LogP contribution in [0.25, 0.3) is 0 Å². The maximum absolute atomic E-state index is 11.3. The normalized spacial score (nSPS) is 20.5. The maximum Gasteiger partial charge on any atom is 0.310 e. The van der Waals surface area contributed by atoms with Crippen LogP contribution in [0, 0.1) is 5.92 Å². The van der Waals surface area contributed by atoms with Gasteiger partial charge in [-0.25, -0.2) is 0 Å². The molecule has 84 valence electrons. The Morgan fingerprint density at radius 1 is 1.60 bits per heavy atom. The molecule has 15 heavy (non-hydrogen) atoms. The average molecular weight is 215 g/mol. The van der Waals surface area contributed by atoms with Crippen molar-refractivity contribution >= 4 is 17.8 Å². The highest BCUT2D eigenvalue weighted by Crippen LogP contribution is 2.18. The molecule has 0 aliphatic carbocycles. The summed E-state index contributed by atoms with van der Waals surface area (Å²) in [5.74, 6) is -2.01. The Kier molecular flexibility index (Phi) is 3.65. The van der Waals surface area contributed by atoms with Gasteiger partial charge >= 0.3 is 11.9 Å². The van der Waals surface area contributed by atoms with Crippen LogP contribution in [-0.2, 0) is 19.1 Å². The molecule has 1 amide bonds. The Morgan fingerprint density at radius 3 is 2.80 bits per heavy atom. The molecular weight excluding hydrogens is 202 g/mol. The van der Waals surface area contributed by atoms with E-state index >= 15 is 0 Å². The van der Waals surface area contributed by atoms with E-state index < -0.39 is 17.9 Å². The Hall–Kier alpha value is -1.59. The van der Waals surface area contributed by atoms with Crippen molar-refractivity contribution in [3.05, 3.63) is 0 Å². The summed E-state index contributed by atoms with van der Waals surface area (Å²) in [5.41, 5.74) is 0. The number of hydrogen-bond acceptors (Lipinski definition) is 4. The summed E-state index contributed by atoms with van der Waals surface area (Å²) < 4.78 is 4.52. The number of hydrogen-bond donors (Lipinski definition) is 1. The first-order valence-electron chi connectivity index (χ1n) is 4.62. The average Bonchev–Trinajstić information content (AvgIpc) is 2.55. The molecule has 1 atom stereocenters. The highest BCUT2D eigenvalue weighted by atomic mass is 16.5. The van der Waals surface area contributed by atoms with Gasteiger partial charge < -0.3 is 14.7 Å². The van der Waals surface area contributed by atoms with Crippen LogP contribution in [-0.4, -0.2) is 48.1 Å². The van der Waals surface area contributed by atoms with E-state index in [1.54, 1.807) is 0 Å². The summed E-state index contributed by atoms with van der Waals surface area (Å²) in [6.45, 7) is 0.417. The van der Waals surface area contributed by atoms with Crippen LogP contribution >= 0.6 is 0 Å². The van der Waals surface area contributed by atoms with Gasteiger partial charge in [-0.05, 0) is 0 Å². The van der Waals surface area contributed by atoms with Gasteiger partial charge in [-0.3, -0.25) is 14.4 Å². The van der Waals surface area contributed by atoms with Gasteiger partial charge in [0.05, 0.1) is 19.4 Å². The van der Waals surface area contributed by atoms with Crippen molar-refractivity contribution in [2.75, 3.05) is 20.2 Å². The minimum absolute atomic E-state index is 0.0976. The standard InChI is InChI=1S/C9H13NO5/c1-15-9(14)6-4-7(11)10(5-6)3-2-8(12)13/h6H,2-5H2,1H3,(H,12,13). The molecule has 6 heteroatoms. The fraction of sp³-hybridized carbons (Fsp3) is 0.667. The summed E-state index contributed by atoms with van der Waals surface area (Å²) >= 11 is 0. The zero-order valence-electron chi connectivity index (χ0n) is 8.43. The van der Waals surface area contributed by atoms with Crippen LogP contribution in [0.15, 0.2) is 0 Å². The molecular formula is C9H13NO5. The summed E-state index contributed by atoms with van der Waals surface area (Å²) in [6.07, 6.45) is 0.0198. The third kappa shape index (κ3) is 2.93. The molecule has 0 aromatic carbocycles. The molecule has 0 saturated carbocycles. The predicted octanol–water partition coefficient (Wildman–Crippen LogP) is -0.517. The van der Waals surface area contributed by atoms with Crippen LogP contribution in [0.3, 0.4) is 0 Å². The van der Waals surface area contributed by atoms with Gasteiger partial charge in [0, 0.05) is 19.5 Å². The van der Waals surface area contributed by atoms with Gasteiger partial charge in [0.2, 0.25) is 5.91 Å². The first-order valence-corrected chi connectivity index (χ1v) is 4.62. The molecule has 6 nitrogen and oxygen atoms in total. The summed E-state index contributed by atoms with van der Waals surface area (Å²) in [7, 11) is 1.27. The van der Waals surface area contributed by atoms with Crippen LogP contribution < -0.4 is 0 Å². The van der Waals surface area contributed by atoms with Crippen molar-refractivity contribution in [1.82, 2.24) is 4.90 Å². The number of methoxy groups -OCH3 is 1. The molecule has 1 saturated heterocycles. The Bertz CT molecular complexity index is 288. The molecule has 0 spiro atoms. The fourth-order valence-electron chi connectivity index (χ4n) is 1.54. The first-order chi connectivity index (χ1) is 7.04. The van der Waals surface area contributed by atoms with E-state index in [-0.39, 0.29) is 31.8 Å². The Morgan fingerprint density at radius 2 is 2.27 bits per heavy atom. The zero-order chi connectivity index (χ0) is 11.4. The number of aliphatic carboxylic acids is 1. The second-order valence-electron chi connectivity index (χ2n) is 3.41. The molecule has 0 radical (unpaired) electrons. The number of carbonyl (C=O) groups is 3. The van der Waals surface area contributed by atoms with E-state index in [1.807, 2.05) is 0 Å². The van der Waals surface area contributed by atoms with E-state index in [0.717, 1.165) is 0 Å². The number of nitrogens with zero attached hydrogens (tertiary/aromatic N) is 1. The van der Waals surface area contributed by atoms with E-state index in [1.165, 1.54) is 12.0 Å². The molecule has 1 aliphatic rings. The minimum atomic E-state index is -0.954. The monoisotopic (exact) mass is 215 g/mol. The third-order valence-corrected chi connectivity index (χ3v) is 2.34. The van der Waals surface area contributed by atoms with Gasteiger partial charge in [-0.2, -0.15) is 0 Å². The van der Waals surface area contributed by atoms with E-state index in [0.29, 0.717) is 0 Å². The lowest BCUT2D eigenvalue weighted by molar-refractivity contribution is -0.145. The largest absolute Gasteiger partial charge is 0.481 e. The van der Waals surface area contributed by atoms with Crippen molar-refractivity contribution < 1.29 is 24.2 Å². The second-order valence-corrected chi connectivity index (χ2v) is 3.41. The van der Waals surface area contributed by atoms with Crippen molar-refractivity contribution in [3.63, 3.8) is 0 Å². The van der Waals surface area contributed by atoms with Gasteiger partial charge in [0.1, 0.15) is 0 Å². The van der Waals surface area contributed by atoms with Crippen molar-refractivity contribution in [2.45, 2.75) is 12.8 Å². The molecule has 1 fully saturated rings. The van der Waals surface area contributed by atoms with Gasteiger partial charge in [0.15, 0.2) is 0 Å². The number of likely N-dealkylation sites (tertiary alicyclic amines) is 1. The van der Waals surface area contributed by atoms with Crippen LogP contribution in [0.2, 0.25) is 0 Å².